The van der Waals surface area contributed by atoms with Gasteiger partial charge in [-0.05, 0) is 26.0 Å². The molecule has 0 bridgehead atoms. The van der Waals surface area contributed by atoms with Crippen LogP contribution in [0.2, 0.25) is 0 Å². The van der Waals surface area contributed by atoms with E-state index in [9.17, 15) is 4.79 Å². The Labute approximate surface area is 70.4 Å². The van der Waals surface area contributed by atoms with Gasteiger partial charge in [0.1, 0.15) is 0 Å². The summed E-state index contributed by atoms with van der Waals surface area (Å²) < 4.78 is 4.86. The van der Waals surface area contributed by atoms with Crippen LogP contribution in [-0.2, 0) is 0 Å². The molecular formula is C9H11NO2. The summed E-state index contributed by atoms with van der Waals surface area (Å²) in [5.74, 6) is 0.0902. The Kier molecular flexibility index (Phi) is 2.33. The molecule has 1 heterocycles. The Morgan fingerprint density at radius 2 is 2.25 bits per heavy atom. The molecule has 0 saturated heterocycles. The van der Waals surface area contributed by atoms with Crippen LogP contribution in [0.25, 0.3) is 12.2 Å². The van der Waals surface area contributed by atoms with Crippen molar-refractivity contribution in [3.63, 3.8) is 0 Å². The predicted octanol–water partition coefficient (Wildman–Crippen LogP) is 2.03. The highest BCUT2D eigenvalue weighted by atomic mass is 16.4. The summed E-state index contributed by atoms with van der Waals surface area (Å²) in [5.41, 5.74) is 1.70. The van der Waals surface area contributed by atoms with Gasteiger partial charge in [-0.1, -0.05) is 12.2 Å². The van der Waals surface area contributed by atoms with E-state index in [1.807, 2.05) is 13.8 Å². The van der Waals surface area contributed by atoms with Crippen molar-refractivity contribution in [3.05, 3.63) is 34.2 Å². The van der Waals surface area contributed by atoms with Crippen molar-refractivity contribution in [2.75, 3.05) is 0 Å². The van der Waals surface area contributed by atoms with Crippen LogP contribution in [0, 0.1) is 0 Å². The molecule has 0 radical (unpaired) electrons. The summed E-state index contributed by atoms with van der Waals surface area (Å²) in [7, 11) is 0. The Morgan fingerprint density at radius 3 is 2.75 bits per heavy atom. The molecule has 0 aromatic carbocycles. The zero-order chi connectivity index (χ0) is 9.14. The summed E-state index contributed by atoms with van der Waals surface area (Å²) in [6, 6.07) is 0. The maximum absolute atomic E-state index is 10.8. The zero-order valence-electron chi connectivity index (χ0n) is 7.18. The largest absolute Gasteiger partial charge is 0.417 e. The van der Waals surface area contributed by atoms with Crippen molar-refractivity contribution >= 4 is 12.2 Å². The molecule has 0 saturated carbocycles. The summed E-state index contributed by atoms with van der Waals surface area (Å²) in [4.78, 5) is 13.3. The van der Waals surface area contributed by atoms with Crippen molar-refractivity contribution in [2.45, 2.75) is 13.8 Å². The van der Waals surface area contributed by atoms with Gasteiger partial charge in [-0.3, -0.25) is 4.98 Å². The third-order valence-corrected chi connectivity index (χ3v) is 1.33. The third kappa shape index (κ3) is 1.75. The smallest absolute Gasteiger partial charge is 0.408 e. The SMILES string of the molecule is C=Cc1[nH]c(=O)oc1C=C(C)C. The van der Waals surface area contributed by atoms with E-state index < -0.39 is 5.76 Å². The van der Waals surface area contributed by atoms with Crippen LogP contribution in [0.1, 0.15) is 25.3 Å². The monoisotopic (exact) mass is 165 g/mol. The molecule has 1 aromatic heterocycles. The lowest BCUT2D eigenvalue weighted by molar-refractivity contribution is 0.506. The lowest BCUT2D eigenvalue weighted by Gasteiger charge is -1.88. The minimum Gasteiger partial charge on any atom is -0.408 e. The van der Waals surface area contributed by atoms with Crippen molar-refractivity contribution in [1.82, 2.24) is 4.98 Å². The first kappa shape index (κ1) is 8.59. The van der Waals surface area contributed by atoms with E-state index in [2.05, 4.69) is 11.6 Å². The van der Waals surface area contributed by atoms with Crippen LogP contribution in [-0.4, -0.2) is 4.98 Å². The van der Waals surface area contributed by atoms with Gasteiger partial charge in [0, 0.05) is 0 Å². The molecular weight excluding hydrogens is 154 g/mol. The van der Waals surface area contributed by atoms with Gasteiger partial charge < -0.3 is 4.42 Å². The van der Waals surface area contributed by atoms with Crippen LogP contribution in [0.3, 0.4) is 0 Å². The molecule has 0 fully saturated rings. The summed E-state index contributed by atoms with van der Waals surface area (Å²) in [6.07, 6.45) is 3.34. The van der Waals surface area contributed by atoms with E-state index in [0.29, 0.717) is 11.5 Å². The molecule has 1 N–H and O–H groups in total. The fourth-order valence-corrected chi connectivity index (χ4v) is 0.873. The first-order valence-corrected chi connectivity index (χ1v) is 3.64. The van der Waals surface area contributed by atoms with E-state index in [1.165, 1.54) is 0 Å². The molecule has 1 rings (SSSR count). The van der Waals surface area contributed by atoms with Gasteiger partial charge in [0.25, 0.3) is 0 Å². The fraction of sp³-hybridized carbons (Fsp3) is 0.222. The first-order valence-electron chi connectivity index (χ1n) is 3.64. The Hall–Kier alpha value is -1.51. The number of nitrogens with one attached hydrogen (secondary N) is 1. The number of oxazole rings is 1. The van der Waals surface area contributed by atoms with Crippen LogP contribution in [0.5, 0.6) is 0 Å². The highest BCUT2D eigenvalue weighted by molar-refractivity contribution is 5.57. The molecule has 0 amide bonds. The molecule has 0 aliphatic carbocycles. The van der Waals surface area contributed by atoms with E-state index in [1.54, 1.807) is 12.2 Å². The lowest BCUT2D eigenvalue weighted by Crippen LogP contribution is -1.94. The first-order chi connectivity index (χ1) is 5.63. The minimum absolute atomic E-state index is 0.447. The normalized spacial score (nSPS) is 9.50. The van der Waals surface area contributed by atoms with Gasteiger partial charge in [-0.15, -0.1) is 0 Å². The third-order valence-electron chi connectivity index (χ3n) is 1.33. The highest BCUT2D eigenvalue weighted by Gasteiger charge is 2.02. The maximum atomic E-state index is 10.8. The van der Waals surface area contributed by atoms with E-state index in [-0.39, 0.29) is 0 Å². The predicted molar refractivity (Wildman–Crippen MR) is 48.7 cm³/mol. The molecule has 12 heavy (non-hydrogen) atoms. The molecule has 3 nitrogen and oxygen atoms in total. The molecule has 0 spiro atoms. The van der Waals surface area contributed by atoms with Crippen LogP contribution >= 0.6 is 0 Å². The Balaban J connectivity index is 3.22. The second-order valence-electron chi connectivity index (χ2n) is 2.72. The van der Waals surface area contributed by atoms with Gasteiger partial charge in [0.05, 0.1) is 5.69 Å². The van der Waals surface area contributed by atoms with Crippen molar-refractivity contribution in [3.8, 4) is 0 Å². The summed E-state index contributed by atoms with van der Waals surface area (Å²) in [6.45, 7) is 7.41. The minimum atomic E-state index is -0.447. The molecule has 0 unspecified atom stereocenters. The second-order valence-corrected chi connectivity index (χ2v) is 2.72. The van der Waals surface area contributed by atoms with Gasteiger partial charge >= 0.3 is 5.76 Å². The van der Waals surface area contributed by atoms with Crippen LogP contribution in [0.4, 0.5) is 0 Å². The maximum Gasteiger partial charge on any atom is 0.417 e. The molecule has 0 atom stereocenters. The van der Waals surface area contributed by atoms with Crippen molar-refractivity contribution in [2.24, 2.45) is 0 Å². The molecule has 1 aromatic rings. The van der Waals surface area contributed by atoms with Crippen molar-refractivity contribution < 1.29 is 4.42 Å². The van der Waals surface area contributed by atoms with Gasteiger partial charge in [-0.2, -0.15) is 0 Å². The average molecular weight is 165 g/mol. The van der Waals surface area contributed by atoms with Crippen LogP contribution < -0.4 is 5.76 Å². The number of aromatic amines is 1. The summed E-state index contributed by atoms with van der Waals surface area (Å²) in [5, 5.41) is 0. The number of allylic oxidation sites excluding steroid dienone is 1. The highest BCUT2D eigenvalue weighted by Crippen LogP contribution is 2.09. The number of rotatable bonds is 2. The van der Waals surface area contributed by atoms with Crippen LogP contribution in [0.15, 0.2) is 21.4 Å². The quantitative estimate of drug-likeness (QED) is 0.728. The molecule has 0 aliphatic heterocycles. The van der Waals surface area contributed by atoms with Gasteiger partial charge in [0.2, 0.25) is 0 Å². The molecule has 3 heteroatoms. The Morgan fingerprint density at radius 1 is 1.58 bits per heavy atom. The molecule has 0 aliphatic rings. The fourth-order valence-electron chi connectivity index (χ4n) is 0.873. The van der Waals surface area contributed by atoms with E-state index in [4.69, 9.17) is 4.42 Å². The summed E-state index contributed by atoms with van der Waals surface area (Å²) >= 11 is 0. The van der Waals surface area contributed by atoms with E-state index >= 15 is 0 Å². The topological polar surface area (TPSA) is 46.0 Å². The number of hydrogen-bond donors (Lipinski definition) is 1. The number of hydrogen-bond acceptors (Lipinski definition) is 2. The van der Waals surface area contributed by atoms with Crippen molar-refractivity contribution in [1.29, 1.82) is 0 Å². The van der Waals surface area contributed by atoms with Gasteiger partial charge in [0.15, 0.2) is 5.76 Å². The van der Waals surface area contributed by atoms with Gasteiger partial charge in [-0.25, -0.2) is 4.79 Å². The number of aromatic nitrogens is 1. The molecule has 64 valence electrons. The number of H-pyrrole nitrogens is 1. The zero-order valence-corrected chi connectivity index (χ0v) is 7.18. The lowest BCUT2D eigenvalue weighted by atomic mass is 10.2. The standard InChI is InChI=1S/C9H11NO2/c1-4-7-8(5-6(2)3)12-9(11)10-7/h4-5H,1H2,2-3H3,(H,10,11). The average Bonchev–Trinajstić information content (AvgIpc) is 2.29. The van der Waals surface area contributed by atoms with E-state index in [0.717, 1.165) is 5.57 Å². The Bertz CT molecular complexity index is 364. The second kappa shape index (κ2) is 3.26.